The molecule has 0 aliphatic carbocycles. The first-order valence-electron chi connectivity index (χ1n) is 8.70. The molecule has 3 rings (SSSR count). The number of benzene rings is 3. The van der Waals surface area contributed by atoms with Crippen molar-refractivity contribution in [2.45, 2.75) is 20.3 Å². The standard InChI is InChI=1S/C22H22N2O2/c1-3-26-21-13-7-11-19(16(21)2)15-23-24-22(25)14-18-10-6-9-17-8-4-5-12-20(17)18/h4-13,15H,3,14H2,1-2H3,(H,24,25). The summed E-state index contributed by atoms with van der Waals surface area (Å²) < 4.78 is 5.58. The maximum Gasteiger partial charge on any atom is 0.244 e. The van der Waals surface area contributed by atoms with Gasteiger partial charge >= 0.3 is 0 Å². The molecule has 0 bridgehead atoms. The van der Waals surface area contributed by atoms with E-state index in [4.69, 9.17) is 4.74 Å². The highest BCUT2D eigenvalue weighted by molar-refractivity contribution is 5.90. The highest BCUT2D eigenvalue weighted by Gasteiger charge is 2.06. The Morgan fingerprint density at radius 1 is 1.08 bits per heavy atom. The van der Waals surface area contributed by atoms with E-state index in [1.54, 1.807) is 6.21 Å². The van der Waals surface area contributed by atoms with Crippen LogP contribution in [-0.2, 0) is 11.2 Å². The molecule has 4 heteroatoms. The summed E-state index contributed by atoms with van der Waals surface area (Å²) in [4.78, 5) is 12.3. The number of fused-ring (bicyclic) bond motifs is 1. The van der Waals surface area contributed by atoms with Crippen molar-refractivity contribution in [3.8, 4) is 5.75 Å². The van der Waals surface area contributed by atoms with Crippen LogP contribution in [0.25, 0.3) is 10.8 Å². The summed E-state index contributed by atoms with van der Waals surface area (Å²) in [7, 11) is 0. The number of hydrazone groups is 1. The first kappa shape index (κ1) is 17.7. The van der Waals surface area contributed by atoms with E-state index in [1.807, 2.05) is 74.5 Å². The Morgan fingerprint density at radius 2 is 1.85 bits per heavy atom. The van der Waals surface area contributed by atoms with E-state index in [0.29, 0.717) is 6.61 Å². The maximum atomic E-state index is 12.3. The Morgan fingerprint density at radius 3 is 2.69 bits per heavy atom. The van der Waals surface area contributed by atoms with Gasteiger partial charge in [-0.2, -0.15) is 5.10 Å². The van der Waals surface area contributed by atoms with Gasteiger partial charge in [0.05, 0.1) is 19.2 Å². The smallest absolute Gasteiger partial charge is 0.244 e. The zero-order valence-corrected chi connectivity index (χ0v) is 15.0. The Kier molecular flexibility index (Phi) is 5.64. The average molecular weight is 346 g/mol. The lowest BCUT2D eigenvalue weighted by Crippen LogP contribution is -2.20. The lowest BCUT2D eigenvalue weighted by molar-refractivity contribution is -0.120. The van der Waals surface area contributed by atoms with Gasteiger partial charge in [0.15, 0.2) is 0 Å². The van der Waals surface area contributed by atoms with Crippen molar-refractivity contribution in [3.63, 3.8) is 0 Å². The second-order valence-corrected chi connectivity index (χ2v) is 6.01. The van der Waals surface area contributed by atoms with E-state index >= 15 is 0 Å². The summed E-state index contributed by atoms with van der Waals surface area (Å²) in [6.45, 7) is 4.54. The highest BCUT2D eigenvalue weighted by atomic mass is 16.5. The van der Waals surface area contributed by atoms with E-state index < -0.39 is 0 Å². The summed E-state index contributed by atoms with van der Waals surface area (Å²) in [6, 6.07) is 19.8. The Balaban J connectivity index is 1.67. The molecule has 132 valence electrons. The molecule has 0 aliphatic heterocycles. The van der Waals surface area contributed by atoms with Crippen LogP contribution in [0.2, 0.25) is 0 Å². The van der Waals surface area contributed by atoms with Crippen LogP contribution in [0.15, 0.2) is 65.8 Å². The van der Waals surface area contributed by atoms with Crippen LogP contribution in [0.4, 0.5) is 0 Å². The summed E-state index contributed by atoms with van der Waals surface area (Å²) in [5, 5.41) is 6.32. The predicted octanol–water partition coefficient (Wildman–Crippen LogP) is 4.24. The van der Waals surface area contributed by atoms with E-state index in [2.05, 4.69) is 10.5 Å². The molecule has 0 atom stereocenters. The van der Waals surface area contributed by atoms with Crippen LogP contribution in [-0.4, -0.2) is 18.7 Å². The van der Waals surface area contributed by atoms with E-state index in [0.717, 1.165) is 33.2 Å². The van der Waals surface area contributed by atoms with Crippen LogP contribution in [0.1, 0.15) is 23.6 Å². The fourth-order valence-corrected chi connectivity index (χ4v) is 2.92. The van der Waals surface area contributed by atoms with Crippen LogP contribution in [0.5, 0.6) is 5.75 Å². The third-order valence-electron chi connectivity index (χ3n) is 4.25. The minimum absolute atomic E-state index is 0.142. The minimum atomic E-state index is -0.142. The number of carbonyl (C=O) groups excluding carboxylic acids is 1. The quantitative estimate of drug-likeness (QED) is 0.536. The van der Waals surface area contributed by atoms with Gasteiger partial charge in [0.25, 0.3) is 0 Å². The average Bonchev–Trinajstić information content (AvgIpc) is 2.65. The number of hydrogen-bond acceptors (Lipinski definition) is 3. The molecule has 26 heavy (non-hydrogen) atoms. The van der Waals surface area contributed by atoms with Gasteiger partial charge in [-0.05, 0) is 41.8 Å². The van der Waals surface area contributed by atoms with Crippen molar-refractivity contribution < 1.29 is 9.53 Å². The number of hydrogen-bond donors (Lipinski definition) is 1. The van der Waals surface area contributed by atoms with Gasteiger partial charge in [-0.1, -0.05) is 54.6 Å². The third-order valence-corrected chi connectivity index (χ3v) is 4.25. The summed E-state index contributed by atoms with van der Waals surface area (Å²) in [5.74, 6) is 0.690. The molecule has 3 aromatic rings. The third kappa shape index (κ3) is 4.09. The van der Waals surface area contributed by atoms with Gasteiger partial charge in [-0.3, -0.25) is 4.79 Å². The van der Waals surface area contributed by atoms with Crippen molar-refractivity contribution in [2.24, 2.45) is 5.10 Å². The fourth-order valence-electron chi connectivity index (χ4n) is 2.92. The van der Waals surface area contributed by atoms with Gasteiger partial charge in [-0.25, -0.2) is 5.43 Å². The second kappa shape index (κ2) is 8.30. The molecule has 0 unspecified atom stereocenters. The molecule has 0 fully saturated rings. The molecule has 0 aromatic heterocycles. The fraction of sp³-hybridized carbons (Fsp3) is 0.182. The zero-order valence-electron chi connectivity index (χ0n) is 15.0. The SMILES string of the molecule is CCOc1cccc(C=NNC(=O)Cc2cccc3ccccc23)c1C. The van der Waals surface area contributed by atoms with Crippen LogP contribution in [0.3, 0.4) is 0 Å². The van der Waals surface area contributed by atoms with Gasteiger partial charge in [-0.15, -0.1) is 0 Å². The molecule has 0 radical (unpaired) electrons. The topological polar surface area (TPSA) is 50.7 Å². The molecule has 1 amide bonds. The van der Waals surface area contributed by atoms with Crippen LogP contribution < -0.4 is 10.2 Å². The molecule has 1 N–H and O–H groups in total. The lowest BCUT2D eigenvalue weighted by Gasteiger charge is -2.08. The van der Waals surface area contributed by atoms with Crippen molar-refractivity contribution in [1.82, 2.24) is 5.43 Å². The highest BCUT2D eigenvalue weighted by Crippen LogP contribution is 2.20. The lowest BCUT2D eigenvalue weighted by atomic mass is 10.0. The summed E-state index contributed by atoms with van der Waals surface area (Å²) in [6.07, 6.45) is 1.94. The molecule has 0 saturated carbocycles. The van der Waals surface area contributed by atoms with E-state index in [9.17, 15) is 4.79 Å². The molecule has 4 nitrogen and oxygen atoms in total. The molecule has 0 heterocycles. The van der Waals surface area contributed by atoms with Crippen LogP contribution in [0, 0.1) is 6.92 Å². The second-order valence-electron chi connectivity index (χ2n) is 6.01. The molecule has 0 saturated heterocycles. The number of carbonyl (C=O) groups is 1. The Labute approximate surface area is 153 Å². The normalized spacial score (nSPS) is 11.0. The Hall–Kier alpha value is -3.14. The molecule has 0 spiro atoms. The Bertz CT molecular complexity index is 943. The predicted molar refractivity (Wildman–Crippen MR) is 106 cm³/mol. The van der Waals surface area contributed by atoms with Gasteiger partial charge in [0, 0.05) is 5.56 Å². The van der Waals surface area contributed by atoms with Gasteiger partial charge in [0.1, 0.15) is 5.75 Å². The molecular weight excluding hydrogens is 324 g/mol. The minimum Gasteiger partial charge on any atom is -0.494 e. The number of amides is 1. The molecular formula is C22H22N2O2. The number of rotatable bonds is 6. The van der Waals surface area contributed by atoms with E-state index in [-0.39, 0.29) is 12.3 Å². The molecule has 3 aromatic carbocycles. The monoisotopic (exact) mass is 346 g/mol. The summed E-state index contributed by atoms with van der Waals surface area (Å²) in [5.41, 5.74) is 5.52. The van der Waals surface area contributed by atoms with Gasteiger partial charge in [0.2, 0.25) is 5.91 Å². The summed E-state index contributed by atoms with van der Waals surface area (Å²) >= 11 is 0. The van der Waals surface area contributed by atoms with Crippen LogP contribution >= 0.6 is 0 Å². The van der Waals surface area contributed by atoms with Crippen molar-refractivity contribution in [1.29, 1.82) is 0 Å². The maximum absolute atomic E-state index is 12.3. The largest absolute Gasteiger partial charge is 0.494 e. The first-order valence-corrected chi connectivity index (χ1v) is 8.70. The van der Waals surface area contributed by atoms with Gasteiger partial charge < -0.3 is 4.74 Å². The first-order chi connectivity index (χ1) is 12.7. The van der Waals surface area contributed by atoms with Crippen molar-refractivity contribution in [2.75, 3.05) is 6.61 Å². The number of nitrogens with one attached hydrogen (secondary N) is 1. The molecule has 0 aliphatic rings. The van der Waals surface area contributed by atoms with E-state index in [1.165, 1.54) is 0 Å². The van der Waals surface area contributed by atoms with Crippen molar-refractivity contribution in [3.05, 3.63) is 77.4 Å². The number of ether oxygens (including phenoxy) is 1. The number of nitrogens with zero attached hydrogens (tertiary/aromatic N) is 1. The van der Waals surface area contributed by atoms with Crippen molar-refractivity contribution >= 4 is 22.9 Å². The zero-order chi connectivity index (χ0) is 18.4.